The summed E-state index contributed by atoms with van der Waals surface area (Å²) >= 11 is 0. The Morgan fingerprint density at radius 3 is 2.29 bits per heavy atom. The van der Waals surface area contributed by atoms with Crippen LogP contribution in [0.1, 0.15) is 46.5 Å². The van der Waals surface area contributed by atoms with Gasteiger partial charge in [0.25, 0.3) is 0 Å². The van der Waals surface area contributed by atoms with E-state index in [1.165, 1.54) is 0 Å². The highest BCUT2D eigenvalue weighted by atomic mass is 16.4. The molecule has 0 aliphatic heterocycles. The van der Waals surface area contributed by atoms with Crippen LogP contribution in [0.3, 0.4) is 0 Å². The van der Waals surface area contributed by atoms with Gasteiger partial charge in [-0.2, -0.15) is 0 Å². The zero-order valence-corrected chi connectivity index (χ0v) is 13.0. The predicted octanol–water partition coefficient (Wildman–Crippen LogP) is 1.08. The molecule has 0 aromatic rings. The number of carboxylic acid groups (broad SMARTS) is 1. The Kier molecular flexibility index (Phi) is 9.16. The molecule has 0 bridgehead atoms. The summed E-state index contributed by atoms with van der Waals surface area (Å²) in [6.45, 7) is 6.20. The van der Waals surface area contributed by atoms with Crippen LogP contribution in [0.5, 0.6) is 0 Å². The normalized spacial score (nSPS) is 14.8. The van der Waals surface area contributed by atoms with E-state index in [1.54, 1.807) is 0 Å². The number of hydrogen-bond acceptors (Lipinski definition) is 3. The molecule has 0 heterocycles. The summed E-state index contributed by atoms with van der Waals surface area (Å²) in [5.74, 6) is -0.864. The van der Waals surface area contributed by atoms with Crippen molar-refractivity contribution in [2.45, 2.75) is 52.5 Å². The minimum Gasteiger partial charge on any atom is -0.481 e. The molecule has 21 heavy (non-hydrogen) atoms. The second kappa shape index (κ2) is 10.0. The van der Waals surface area contributed by atoms with Crippen molar-refractivity contribution in [2.24, 2.45) is 17.6 Å². The fourth-order valence-corrected chi connectivity index (χ4v) is 1.92. The number of carboxylic acids is 1. The van der Waals surface area contributed by atoms with E-state index in [-0.39, 0.29) is 24.2 Å². The molecule has 7 heteroatoms. The summed E-state index contributed by atoms with van der Waals surface area (Å²) in [5.41, 5.74) is 5.08. The first kappa shape index (κ1) is 19.2. The average molecular weight is 301 g/mol. The lowest BCUT2D eigenvalue weighted by atomic mass is 9.98. The van der Waals surface area contributed by atoms with Crippen LogP contribution in [0, 0.1) is 11.8 Å². The molecule has 0 aliphatic rings. The molecule has 0 radical (unpaired) electrons. The summed E-state index contributed by atoms with van der Waals surface area (Å²) in [5, 5.41) is 13.8. The van der Waals surface area contributed by atoms with E-state index in [2.05, 4.69) is 10.6 Å². The van der Waals surface area contributed by atoms with E-state index < -0.39 is 18.0 Å². The molecule has 0 saturated carbocycles. The summed E-state index contributed by atoms with van der Waals surface area (Å²) in [6, 6.07) is -1.35. The van der Waals surface area contributed by atoms with Gasteiger partial charge in [0.2, 0.25) is 5.91 Å². The topological polar surface area (TPSA) is 122 Å². The van der Waals surface area contributed by atoms with Gasteiger partial charge in [-0.3, -0.25) is 9.59 Å². The highest BCUT2D eigenvalue weighted by molar-refractivity contribution is 5.86. The number of carbonyl (C=O) groups is 3. The van der Waals surface area contributed by atoms with E-state index in [4.69, 9.17) is 10.8 Å². The standard InChI is InChI=1S/C14H27N3O4/c1-4-10(3)12(17-14(15)21)13(20)16-8-7-9(2)5-6-11(18)19/h9-10,12H,4-8H2,1-3H3,(H,16,20)(H,18,19)(H3,15,17,21). The number of aliphatic carboxylic acids is 1. The fourth-order valence-electron chi connectivity index (χ4n) is 1.92. The second-order valence-corrected chi connectivity index (χ2v) is 5.49. The van der Waals surface area contributed by atoms with Crippen molar-refractivity contribution in [2.75, 3.05) is 6.54 Å². The lowest BCUT2D eigenvalue weighted by Crippen LogP contribution is -2.52. The minimum atomic E-state index is -0.812. The third-order valence-corrected chi connectivity index (χ3v) is 3.58. The van der Waals surface area contributed by atoms with E-state index in [0.29, 0.717) is 19.4 Å². The maximum absolute atomic E-state index is 12.1. The Morgan fingerprint density at radius 2 is 1.81 bits per heavy atom. The number of nitrogens with one attached hydrogen (secondary N) is 2. The molecule has 3 unspecified atom stereocenters. The highest BCUT2D eigenvalue weighted by Gasteiger charge is 2.24. The minimum absolute atomic E-state index is 0.0121. The maximum atomic E-state index is 12.1. The molecule has 5 N–H and O–H groups in total. The molecule has 0 aliphatic carbocycles. The van der Waals surface area contributed by atoms with Gasteiger partial charge in [-0.05, 0) is 24.7 Å². The Hall–Kier alpha value is -1.79. The highest BCUT2D eigenvalue weighted by Crippen LogP contribution is 2.10. The van der Waals surface area contributed by atoms with Crippen molar-refractivity contribution in [1.29, 1.82) is 0 Å². The number of hydrogen-bond donors (Lipinski definition) is 4. The summed E-state index contributed by atoms with van der Waals surface area (Å²) in [7, 11) is 0. The van der Waals surface area contributed by atoms with Crippen LogP contribution >= 0.6 is 0 Å². The van der Waals surface area contributed by atoms with Gasteiger partial charge in [0.15, 0.2) is 0 Å². The predicted molar refractivity (Wildman–Crippen MR) is 79.6 cm³/mol. The molecule has 7 nitrogen and oxygen atoms in total. The number of carbonyl (C=O) groups excluding carboxylic acids is 2. The van der Waals surface area contributed by atoms with Crippen molar-refractivity contribution in [3.05, 3.63) is 0 Å². The zero-order chi connectivity index (χ0) is 16.4. The number of nitrogens with two attached hydrogens (primary N) is 1. The van der Waals surface area contributed by atoms with E-state index in [1.807, 2.05) is 20.8 Å². The van der Waals surface area contributed by atoms with Crippen molar-refractivity contribution >= 4 is 17.9 Å². The van der Waals surface area contributed by atoms with Crippen molar-refractivity contribution < 1.29 is 19.5 Å². The van der Waals surface area contributed by atoms with Crippen LogP contribution in [0.2, 0.25) is 0 Å². The van der Waals surface area contributed by atoms with Gasteiger partial charge in [0.05, 0.1) is 0 Å². The molecular formula is C14H27N3O4. The summed E-state index contributed by atoms with van der Waals surface area (Å²) in [6.07, 6.45) is 2.16. The summed E-state index contributed by atoms with van der Waals surface area (Å²) < 4.78 is 0. The van der Waals surface area contributed by atoms with Gasteiger partial charge < -0.3 is 21.5 Å². The number of rotatable bonds is 10. The molecular weight excluding hydrogens is 274 g/mol. The third-order valence-electron chi connectivity index (χ3n) is 3.58. The van der Waals surface area contributed by atoms with Gasteiger partial charge in [0, 0.05) is 13.0 Å². The van der Waals surface area contributed by atoms with Crippen molar-refractivity contribution in [3.63, 3.8) is 0 Å². The van der Waals surface area contributed by atoms with Gasteiger partial charge >= 0.3 is 12.0 Å². The average Bonchev–Trinajstić information content (AvgIpc) is 2.41. The zero-order valence-electron chi connectivity index (χ0n) is 13.0. The van der Waals surface area contributed by atoms with Crippen LogP contribution < -0.4 is 16.4 Å². The molecule has 0 spiro atoms. The number of amides is 3. The summed E-state index contributed by atoms with van der Waals surface area (Å²) in [4.78, 5) is 33.5. The van der Waals surface area contributed by atoms with Crippen LogP contribution in [0.15, 0.2) is 0 Å². The lowest BCUT2D eigenvalue weighted by Gasteiger charge is -2.23. The van der Waals surface area contributed by atoms with Crippen molar-refractivity contribution in [3.8, 4) is 0 Å². The maximum Gasteiger partial charge on any atom is 0.312 e. The Bertz CT molecular complexity index is 360. The first-order valence-corrected chi connectivity index (χ1v) is 7.33. The molecule has 0 fully saturated rings. The monoisotopic (exact) mass is 301 g/mol. The van der Waals surface area contributed by atoms with Gasteiger partial charge in [-0.15, -0.1) is 0 Å². The smallest absolute Gasteiger partial charge is 0.312 e. The fraction of sp³-hybridized carbons (Fsp3) is 0.786. The molecule has 3 atom stereocenters. The third kappa shape index (κ3) is 8.88. The van der Waals surface area contributed by atoms with E-state index in [0.717, 1.165) is 6.42 Å². The van der Waals surface area contributed by atoms with Gasteiger partial charge in [-0.25, -0.2) is 4.79 Å². The second-order valence-electron chi connectivity index (χ2n) is 5.49. The van der Waals surface area contributed by atoms with E-state index >= 15 is 0 Å². The molecule has 0 aromatic heterocycles. The molecule has 3 amide bonds. The quantitative estimate of drug-likeness (QED) is 0.482. The molecule has 0 rings (SSSR count). The van der Waals surface area contributed by atoms with Crippen molar-refractivity contribution in [1.82, 2.24) is 10.6 Å². The number of primary amides is 1. The Labute approximate surface area is 125 Å². The first-order valence-electron chi connectivity index (χ1n) is 7.33. The Morgan fingerprint density at radius 1 is 1.19 bits per heavy atom. The van der Waals surface area contributed by atoms with Gasteiger partial charge in [0.1, 0.15) is 6.04 Å². The van der Waals surface area contributed by atoms with Crippen LogP contribution in [0.25, 0.3) is 0 Å². The van der Waals surface area contributed by atoms with Crippen LogP contribution in [-0.2, 0) is 9.59 Å². The van der Waals surface area contributed by atoms with Crippen LogP contribution in [-0.4, -0.2) is 35.6 Å². The molecule has 0 aromatic carbocycles. The lowest BCUT2D eigenvalue weighted by molar-refractivity contribution is -0.137. The SMILES string of the molecule is CCC(C)C(NC(N)=O)C(=O)NCCC(C)CCC(=O)O. The largest absolute Gasteiger partial charge is 0.481 e. The van der Waals surface area contributed by atoms with E-state index in [9.17, 15) is 14.4 Å². The van der Waals surface area contributed by atoms with Crippen LogP contribution in [0.4, 0.5) is 4.79 Å². The molecule has 0 saturated heterocycles. The molecule has 122 valence electrons. The first-order chi connectivity index (χ1) is 9.77. The Balaban J connectivity index is 4.19. The number of urea groups is 1. The van der Waals surface area contributed by atoms with Gasteiger partial charge in [-0.1, -0.05) is 27.2 Å².